The standard InChI is InChI=1S/C19H15NPSi.C17H9N2O.C17H9N2Se2.2C17H9N2Se.5Ir/c1-22(2)16-10-5-8-14-13-7-3-4-9-15(13)21(18(14)16)19-17(22)11-6-12-20-19;1-2-8-14-13(7-1)19-16-11(5-3-9-15(16)20-14)12-6-4-10-18-17(12)19;1-2-6-12-11(5-1)19-16-13(20-12)7-3-8-14(16)21-15-9-4-10-18-17(15)19;1-2-8-14-13(7-1)19-16-11(5-3-9-15(16)20-14)12-6-4-10-18-17(12)19;1-2-7-13-11(5-1)12-6-3-8-14-16(12)19(13)17-15(20-14)9-4-10-18-17;;;;;/h3-8,10-12H,1-2H3;1-6,8-10H;1-4,6-10H;2*1-6,8-10H;;;;;/q5*-1;;;;;. The molecular formula is C87H51Ir5N9OPSe4Si-5. The predicted molar refractivity (Wildman–Crippen MR) is 429 cm³/mol. The number of benzene rings is 10. The van der Waals surface area contributed by atoms with E-state index in [9.17, 15) is 0 Å². The summed E-state index contributed by atoms with van der Waals surface area (Å²) in [7, 11) is -2.18. The first-order chi connectivity index (χ1) is 50.9. The van der Waals surface area contributed by atoms with Crippen LogP contribution >= 0.6 is 7.53 Å². The van der Waals surface area contributed by atoms with Gasteiger partial charge in [-0.15, -0.1) is 16.6 Å². The molecule has 0 aliphatic carbocycles. The monoisotopic (exact) mass is 2580 g/mol. The molecule has 0 amide bonds. The van der Waals surface area contributed by atoms with Crippen LogP contribution in [0.25, 0.3) is 109 Å². The molecule has 0 spiro atoms. The molecule has 0 saturated heterocycles. The Kier molecular flexibility index (Phi) is 21.1. The number of aromatic nitrogens is 8. The third-order valence-corrected chi connectivity index (χ3v) is 35.5. The maximum atomic E-state index is 6.00. The fraction of sp³-hybridized carbons (Fsp3) is 0.0230. The molecule has 0 fully saturated rings. The summed E-state index contributed by atoms with van der Waals surface area (Å²) in [5.41, 5.74) is 12.8. The first-order valence-electron chi connectivity index (χ1n) is 33.8. The van der Waals surface area contributed by atoms with Crippen molar-refractivity contribution >= 4 is 225 Å². The van der Waals surface area contributed by atoms with Crippen LogP contribution in [0, 0.1) is 30.3 Å². The summed E-state index contributed by atoms with van der Waals surface area (Å²) < 4.78 is 23.9. The van der Waals surface area contributed by atoms with Gasteiger partial charge in [-0.3, -0.25) is 4.98 Å². The van der Waals surface area contributed by atoms with Gasteiger partial charge < -0.3 is 9.30 Å². The third kappa shape index (κ3) is 12.0. The Labute approximate surface area is 716 Å². The Bertz CT molecular complexity index is 6350. The number of fused-ring (bicyclic) bond motifs is 24. The molecule has 15 heterocycles. The van der Waals surface area contributed by atoms with E-state index in [0.717, 1.165) is 61.9 Å². The van der Waals surface area contributed by atoms with E-state index in [4.69, 9.17) is 9.72 Å². The van der Waals surface area contributed by atoms with Crippen molar-refractivity contribution in [3.8, 4) is 34.1 Å². The number of rotatable bonds is 0. The van der Waals surface area contributed by atoms with Gasteiger partial charge in [0.05, 0.1) is 11.0 Å². The van der Waals surface area contributed by atoms with Gasteiger partial charge in [-0.05, 0) is 45.4 Å². The summed E-state index contributed by atoms with van der Waals surface area (Å²) in [5.74, 6) is 3.86. The molecule has 0 bridgehead atoms. The summed E-state index contributed by atoms with van der Waals surface area (Å²) in [6.07, 6.45) is 9.42. The average Bonchev–Trinajstić information content (AvgIpc) is 1.52. The molecule has 5 radical (unpaired) electrons. The number of hydrogen-bond donors (Lipinski definition) is 0. The van der Waals surface area contributed by atoms with E-state index in [1.54, 1.807) is 10.3 Å². The van der Waals surface area contributed by atoms with Gasteiger partial charge in [0, 0.05) is 129 Å². The summed E-state index contributed by atoms with van der Waals surface area (Å²) in [6.45, 7) is 4.92. The molecule has 6 aliphatic rings. The zero-order valence-electron chi connectivity index (χ0n) is 56.7. The van der Waals surface area contributed by atoms with Gasteiger partial charge in [-0.1, -0.05) is 62.4 Å². The number of anilines is 3. The Balaban J connectivity index is 0.000000102. The summed E-state index contributed by atoms with van der Waals surface area (Å²) >= 11 is 1.37. The zero-order chi connectivity index (χ0) is 68.0. The van der Waals surface area contributed by atoms with Gasteiger partial charge in [0.1, 0.15) is 19.5 Å². The Hall–Kier alpha value is -7.21. The molecule has 25 rings (SSSR count). The van der Waals surface area contributed by atoms with Crippen LogP contribution < -0.4 is 55.7 Å². The van der Waals surface area contributed by atoms with Gasteiger partial charge >= 0.3 is 379 Å². The molecule has 10 aromatic carbocycles. The molecule has 533 valence electrons. The van der Waals surface area contributed by atoms with E-state index in [1.807, 2.05) is 110 Å². The molecule has 9 aromatic heterocycles. The fourth-order valence-electron chi connectivity index (χ4n) is 15.5. The quantitative estimate of drug-likeness (QED) is 0.110. The van der Waals surface area contributed by atoms with Crippen molar-refractivity contribution in [1.82, 2.24) is 38.6 Å². The van der Waals surface area contributed by atoms with Gasteiger partial charge in [-0.25, -0.2) is 4.98 Å². The molecule has 0 N–H and O–H groups in total. The van der Waals surface area contributed by atoms with Crippen molar-refractivity contribution in [2.75, 3.05) is 4.90 Å². The predicted octanol–water partition coefficient (Wildman–Crippen LogP) is 12.6. The molecule has 1 atom stereocenters. The second-order valence-electron chi connectivity index (χ2n) is 25.9. The molecule has 1 unspecified atom stereocenters. The SMILES string of the molecule is C[Si]1(C)c2cccnc2-p2c3[c-]cccc3c3cccc1c32.[Ir].[Ir].[Ir].[Ir].[Ir].[c-]1cccc2c1-n1c3ncccc3c3cccc(c31)O2.[c-]1cccc2c1-n1c3ncccc3c3cccc(c31)[Se]2.[c-]1cccc2c1N1c3ncccc3[Se]c3cccc(c31)[Se]2.[c-]1cccc2c3cccc4c3n(c12)-c1ncccc1[Se]4. The van der Waals surface area contributed by atoms with Crippen LogP contribution in [0.3, 0.4) is 0 Å². The second-order valence-corrected chi connectivity index (χ2v) is 41.3. The summed E-state index contributed by atoms with van der Waals surface area (Å²) in [5, 5.41) is 16.2. The molecule has 10 nitrogen and oxygen atoms in total. The molecule has 108 heavy (non-hydrogen) atoms. The minimum absolute atomic E-state index is 0. The van der Waals surface area contributed by atoms with Crippen LogP contribution in [-0.2, 0) is 101 Å². The minimum atomic E-state index is -1.66. The van der Waals surface area contributed by atoms with Gasteiger partial charge in [0.2, 0.25) is 0 Å². The van der Waals surface area contributed by atoms with Crippen molar-refractivity contribution < 1.29 is 105 Å². The third-order valence-electron chi connectivity index (χ3n) is 19.8. The van der Waals surface area contributed by atoms with E-state index in [-0.39, 0.29) is 101 Å². The summed E-state index contributed by atoms with van der Waals surface area (Å²) in [6, 6.07) is 102. The molecule has 6 aliphatic heterocycles. The Morgan fingerprint density at radius 3 is 1.53 bits per heavy atom. The van der Waals surface area contributed by atoms with Gasteiger partial charge in [0.15, 0.2) is 0 Å². The topological polar surface area (TPSA) is 91.7 Å². The summed E-state index contributed by atoms with van der Waals surface area (Å²) in [4.78, 5) is 25.6. The van der Waals surface area contributed by atoms with E-state index in [2.05, 4.69) is 246 Å². The first-order valence-corrected chi connectivity index (χ1v) is 45.0. The number of ether oxygens (including phenoxy) is 1. The number of hydrogen-bond acceptors (Lipinski definition) is 7. The van der Waals surface area contributed by atoms with Crippen LogP contribution in [0.5, 0.6) is 11.5 Å². The van der Waals surface area contributed by atoms with E-state index >= 15 is 0 Å². The van der Waals surface area contributed by atoms with Crippen LogP contribution in [0.4, 0.5) is 17.2 Å². The molecule has 21 heteroatoms. The molecule has 19 aromatic rings. The van der Waals surface area contributed by atoms with Crippen molar-refractivity contribution in [2.24, 2.45) is 0 Å². The van der Waals surface area contributed by atoms with Crippen LogP contribution in [0.1, 0.15) is 0 Å². The molecule has 0 saturated carbocycles. The van der Waals surface area contributed by atoms with Crippen LogP contribution in [-0.4, -0.2) is 107 Å². The van der Waals surface area contributed by atoms with E-state index in [0.29, 0.717) is 59.8 Å². The van der Waals surface area contributed by atoms with Crippen molar-refractivity contribution in [3.05, 3.63) is 304 Å². The Morgan fingerprint density at radius 2 is 0.787 bits per heavy atom. The number of pyridine rings is 5. The maximum absolute atomic E-state index is 6.00. The molecular weight excluding hydrogens is 2520 g/mol. The van der Waals surface area contributed by atoms with Crippen molar-refractivity contribution in [2.45, 2.75) is 13.1 Å². The first kappa shape index (κ1) is 74.9. The van der Waals surface area contributed by atoms with Gasteiger partial charge in [-0.2, -0.15) is 42.5 Å². The number of nitrogens with zero attached hydrogens (tertiary/aromatic N) is 9. The second kappa shape index (κ2) is 30.5. The van der Waals surface area contributed by atoms with E-state index < -0.39 is 15.6 Å². The Morgan fingerprint density at radius 1 is 0.343 bits per heavy atom. The zero-order valence-corrected chi connectivity index (χ0v) is 77.4. The average molecular weight is 2570 g/mol. The fourth-order valence-corrected chi connectivity index (χ4v) is 32.3. The van der Waals surface area contributed by atoms with Crippen LogP contribution in [0.15, 0.2) is 274 Å². The van der Waals surface area contributed by atoms with Gasteiger partial charge in [0.25, 0.3) is 0 Å². The normalized spacial score (nSPS) is 13.1. The van der Waals surface area contributed by atoms with Crippen LogP contribution in [0.2, 0.25) is 13.1 Å². The van der Waals surface area contributed by atoms with Crippen molar-refractivity contribution in [3.63, 3.8) is 0 Å². The van der Waals surface area contributed by atoms with E-state index in [1.165, 1.54) is 112 Å². The van der Waals surface area contributed by atoms with Crippen molar-refractivity contribution in [1.29, 1.82) is 0 Å². The number of para-hydroxylation sites is 8.